The van der Waals surface area contributed by atoms with Crippen molar-refractivity contribution >= 4 is 17.3 Å². The molecule has 1 aliphatic carbocycles. The highest BCUT2D eigenvalue weighted by molar-refractivity contribution is 6.01. The molecule has 3 aliphatic rings. The lowest BCUT2D eigenvalue weighted by molar-refractivity contribution is -0.118. The molecule has 0 unspecified atom stereocenters. The zero-order chi connectivity index (χ0) is 19.0. The molecule has 2 aliphatic heterocycles. The van der Waals surface area contributed by atoms with E-state index in [0.29, 0.717) is 13.2 Å². The summed E-state index contributed by atoms with van der Waals surface area (Å²) in [5.41, 5.74) is 2.67. The maximum atomic E-state index is 13.1. The van der Waals surface area contributed by atoms with E-state index in [-0.39, 0.29) is 5.91 Å². The molecule has 0 bridgehead atoms. The van der Waals surface area contributed by atoms with Crippen LogP contribution < -0.4 is 19.7 Å². The van der Waals surface area contributed by atoms with Gasteiger partial charge in [-0.25, -0.2) is 0 Å². The molecule has 2 heterocycles. The van der Waals surface area contributed by atoms with E-state index in [0.717, 1.165) is 48.7 Å². The first-order chi connectivity index (χ1) is 13.7. The van der Waals surface area contributed by atoms with Gasteiger partial charge < -0.3 is 19.7 Å². The summed E-state index contributed by atoms with van der Waals surface area (Å²) in [5.74, 6) is 1.57. The van der Waals surface area contributed by atoms with Crippen molar-refractivity contribution in [3.05, 3.63) is 48.0 Å². The van der Waals surface area contributed by atoms with Crippen molar-refractivity contribution in [1.29, 1.82) is 0 Å². The molecule has 1 amide bonds. The van der Waals surface area contributed by atoms with Crippen molar-refractivity contribution < 1.29 is 14.3 Å². The second-order valence-corrected chi connectivity index (χ2v) is 7.99. The SMILES string of the molecule is O=C(Nc1ccc(N2CCCCC2)cc1)C1(c2ccc3c(c2)OCCO3)CC1. The molecule has 2 aromatic rings. The van der Waals surface area contributed by atoms with Crippen LogP contribution in [0.3, 0.4) is 0 Å². The van der Waals surface area contributed by atoms with Gasteiger partial charge >= 0.3 is 0 Å². The minimum Gasteiger partial charge on any atom is -0.486 e. The highest BCUT2D eigenvalue weighted by atomic mass is 16.6. The highest BCUT2D eigenvalue weighted by Crippen LogP contribution is 2.50. The molecule has 0 atom stereocenters. The van der Waals surface area contributed by atoms with Crippen LogP contribution in [0.5, 0.6) is 11.5 Å². The number of anilines is 2. The second kappa shape index (κ2) is 7.04. The fourth-order valence-corrected chi connectivity index (χ4v) is 4.27. The zero-order valence-electron chi connectivity index (χ0n) is 16.1. The van der Waals surface area contributed by atoms with Gasteiger partial charge in [0.2, 0.25) is 5.91 Å². The molecule has 1 N–H and O–H groups in total. The van der Waals surface area contributed by atoms with Crippen LogP contribution in [-0.4, -0.2) is 32.2 Å². The van der Waals surface area contributed by atoms with E-state index in [4.69, 9.17) is 9.47 Å². The van der Waals surface area contributed by atoms with Crippen molar-refractivity contribution in [3.8, 4) is 11.5 Å². The normalized spacial score (nSPS) is 19.8. The smallest absolute Gasteiger partial charge is 0.235 e. The van der Waals surface area contributed by atoms with Gasteiger partial charge in [0, 0.05) is 24.5 Å². The number of nitrogens with one attached hydrogen (secondary N) is 1. The first-order valence-corrected chi connectivity index (χ1v) is 10.3. The van der Waals surface area contributed by atoms with E-state index < -0.39 is 5.41 Å². The largest absolute Gasteiger partial charge is 0.486 e. The Bertz CT molecular complexity index is 868. The summed E-state index contributed by atoms with van der Waals surface area (Å²) in [6, 6.07) is 14.2. The lowest BCUT2D eigenvalue weighted by Crippen LogP contribution is -2.29. The fourth-order valence-electron chi connectivity index (χ4n) is 4.27. The van der Waals surface area contributed by atoms with Crippen molar-refractivity contribution in [2.24, 2.45) is 0 Å². The fraction of sp³-hybridized carbons (Fsp3) is 0.435. The van der Waals surface area contributed by atoms with Crippen LogP contribution in [0.15, 0.2) is 42.5 Å². The number of ether oxygens (including phenoxy) is 2. The average Bonchev–Trinajstić information content (AvgIpc) is 3.57. The zero-order valence-corrected chi connectivity index (χ0v) is 16.1. The lowest BCUT2D eigenvalue weighted by atomic mass is 9.94. The standard InChI is InChI=1S/C23H26N2O3/c26-22(24-18-5-7-19(8-6-18)25-12-2-1-3-13-25)23(10-11-23)17-4-9-20-21(16-17)28-15-14-27-20/h4-9,16H,1-3,10-15H2,(H,24,26). The third kappa shape index (κ3) is 3.19. The van der Waals surface area contributed by atoms with Crippen LogP contribution in [0.1, 0.15) is 37.7 Å². The third-order valence-corrected chi connectivity index (χ3v) is 6.13. The molecule has 5 heteroatoms. The first-order valence-electron chi connectivity index (χ1n) is 10.3. The Balaban J connectivity index is 1.30. The molecular formula is C23H26N2O3. The Labute approximate surface area is 165 Å². The minimum atomic E-state index is -0.443. The van der Waals surface area contributed by atoms with Gasteiger partial charge in [0.15, 0.2) is 11.5 Å². The van der Waals surface area contributed by atoms with Crippen molar-refractivity contribution in [1.82, 2.24) is 0 Å². The molecule has 1 saturated heterocycles. The maximum absolute atomic E-state index is 13.1. The van der Waals surface area contributed by atoms with Gasteiger partial charge in [-0.2, -0.15) is 0 Å². The number of hydrogen-bond donors (Lipinski definition) is 1. The molecule has 146 valence electrons. The van der Waals surface area contributed by atoms with E-state index in [2.05, 4.69) is 22.3 Å². The summed E-state index contributed by atoms with van der Waals surface area (Å²) >= 11 is 0. The lowest BCUT2D eigenvalue weighted by Gasteiger charge is -2.29. The van der Waals surface area contributed by atoms with Gasteiger partial charge in [-0.05, 0) is 74.1 Å². The van der Waals surface area contributed by atoms with E-state index in [1.807, 2.05) is 30.3 Å². The summed E-state index contributed by atoms with van der Waals surface area (Å²) < 4.78 is 11.3. The van der Waals surface area contributed by atoms with Gasteiger partial charge in [-0.3, -0.25) is 4.79 Å². The van der Waals surface area contributed by atoms with E-state index >= 15 is 0 Å². The van der Waals surface area contributed by atoms with E-state index in [1.54, 1.807) is 0 Å². The van der Waals surface area contributed by atoms with Crippen molar-refractivity contribution in [2.75, 3.05) is 36.5 Å². The van der Waals surface area contributed by atoms with Gasteiger partial charge in [0.1, 0.15) is 13.2 Å². The molecule has 2 fully saturated rings. The van der Waals surface area contributed by atoms with Gasteiger partial charge in [-0.15, -0.1) is 0 Å². The minimum absolute atomic E-state index is 0.0647. The number of nitrogens with zero attached hydrogens (tertiary/aromatic N) is 1. The number of piperidine rings is 1. The van der Waals surface area contributed by atoms with Crippen LogP contribution in [-0.2, 0) is 10.2 Å². The number of hydrogen-bond acceptors (Lipinski definition) is 4. The van der Waals surface area contributed by atoms with Crippen LogP contribution in [0.4, 0.5) is 11.4 Å². The van der Waals surface area contributed by atoms with Crippen molar-refractivity contribution in [3.63, 3.8) is 0 Å². The van der Waals surface area contributed by atoms with E-state index in [1.165, 1.54) is 24.9 Å². The summed E-state index contributed by atoms with van der Waals surface area (Å²) in [6.07, 6.45) is 5.58. The summed E-state index contributed by atoms with van der Waals surface area (Å²) in [6.45, 7) is 3.38. The highest BCUT2D eigenvalue weighted by Gasteiger charge is 2.51. The maximum Gasteiger partial charge on any atom is 0.235 e. The van der Waals surface area contributed by atoms with Crippen LogP contribution in [0.25, 0.3) is 0 Å². The Morgan fingerprint density at radius 1 is 0.893 bits per heavy atom. The Kier molecular flexibility index (Phi) is 4.38. The molecule has 28 heavy (non-hydrogen) atoms. The molecule has 1 saturated carbocycles. The Morgan fingerprint density at radius 2 is 1.61 bits per heavy atom. The molecule has 5 rings (SSSR count). The molecule has 5 nitrogen and oxygen atoms in total. The molecule has 0 radical (unpaired) electrons. The molecular weight excluding hydrogens is 352 g/mol. The predicted octanol–water partition coefficient (Wildman–Crippen LogP) is 4.12. The van der Waals surface area contributed by atoms with Crippen LogP contribution in [0.2, 0.25) is 0 Å². The number of benzene rings is 2. The average molecular weight is 378 g/mol. The molecule has 0 spiro atoms. The van der Waals surface area contributed by atoms with Gasteiger partial charge in [-0.1, -0.05) is 6.07 Å². The Morgan fingerprint density at radius 3 is 2.32 bits per heavy atom. The number of carbonyl (C=O) groups is 1. The summed E-state index contributed by atoms with van der Waals surface area (Å²) in [7, 11) is 0. The van der Waals surface area contributed by atoms with Gasteiger partial charge in [0.25, 0.3) is 0 Å². The van der Waals surface area contributed by atoms with Crippen LogP contribution in [0, 0.1) is 0 Å². The topological polar surface area (TPSA) is 50.8 Å². The number of carbonyl (C=O) groups excluding carboxylic acids is 1. The second-order valence-electron chi connectivity index (χ2n) is 7.99. The monoisotopic (exact) mass is 378 g/mol. The van der Waals surface area contributed by atoms with Crippen LogP contribution >= 0.6 is 0 Å². The third-order valence-electron chi connectivity index (χ3n) is 6.13. The number of rotatable bonds is 4. The first kappa shape index (κ1) is 17.4. The summed E-state index contributed by atoms with van der Waals surface area (Å²) in [5, 5.41) is 3.12. The molecule has 2 aromatic carbocycles. The number of amides is 1. The van der Waals surface area contributed by atoms with Crippen molar-refractivity contribution in [2.45, 2.75) is 37.5 Å². The number of fused-ring (bicyclic) bond motifs is 1. The summed E-state index contributed by atoms with van der Waals surface area (Å²) in [4.78, 5) is 15.5. The molecule has 0 aromatic heterocycles. The predicted molar refractivity (Wildman–Crippen MR) is 109 cm³/mol. The quantitative estimate of drug-likeness (QED) is 0.870. The van der Waals surface area contributed by atoms with E-state index in [9.17, 15) is 4.79 Å². The Hall–Kier alpha value is -2.69. The van der Waals surface area contributed by atoms with Gasteiger partial charge in [0.05, 0.1) is 5.41 Å².